The average molecular weight is 505 g/mol. The van der Waals surface area contributed by atoms with Crippen LogP contribution in [0.4, 0.5) is 20.2 Å². The molecule has 192 valence electrons. The molecule has 37 heavy (non-hydrogen) atoms. The number of anilines is 2. The highest BCUT2D eigenvalue weighted by Crippen LogP contribution is 2.29. The first kappa shape index (κ1) is 24.9. The van der Waals surface area contributed by atoms with Crippen molar-refractivity contribution in [1.29, 1.82) is 0 Å². The van der Waals surface area contributed by atoms with E-state index in [1.165, 1.54) is 24.3 Å². The Morgan fingerprint density at radius 2 is 1.43 bits per heavy atom. The van der Waals surface area contributed by atoms with Crippen LogP contribution in [0.5, 0.6) is 0 Å². The van der Waals surface area contributed by atoms with Gasteiger partial charge in [-0.2, -0.15) is 0 Å². The molecule has 3 aromatic rings. The minimum Gasteiger partial charge on any atom is -0.368 e. The topological polar surface area (TPSA) is 55.9 Å². The van der Waals surface area contributed by atoms with Crippen molar-refractivity contribution in [1.82, 2.24) is 9.80 Å². The van der Waals surface area contributed by atoms with Crippen LogP contribution in [0.1, 0.15) is 39.1 Å². The van der Waals surface area contributed by atoms with Gasteiger partial charge < -0.3 is 15.1 Å². The number of halogens is 2. The van der Waals surface area contributed by atoms with Crippen LogP contribution in [0.3, 0.4) is 0 Å². The number of carbonyl (C=O) groups excluding carboxylic acids is 2. The molecule has 0 spiro atoms. The van der Waals surface area contributed by atoms with Gasteiger partial charge in [0, 0.05) is 62.8 Å². The van der Waals surface area contributed by atoms with Gasteiger partial charge in [-0.1, -0.05) is 30.3 Å². The largest absolute Gasteiger partial charge is 0.368 e. The minimum atomic E-state index is -0.599. The summed E-state index contributed by atoms with van der Waals surface area (Å²) in [6.45, 7) is 4.81. The highest BCUT2D eigenvalue weighted by atomic mass is 19.1. The lowest BCUT2D eigenvalue weighted by Crippen LogP contribution is -2.46. The predicted molar refractivity (Wildman–Crippen MR) is 140 cm³/mol. The standard InChI is InChI=1S/C29H30F2N4O2/c30-25-9-3-1-7-21(25)20-33-15-17-34(18-16-33)27-12-11-22(19-24(27)29(37)35-13-5-6-14-35)32-28(36)23-8-2-4-10-26(23)31/h1-4,7-12,19H,5-6,13-18,20H2,(H,32,36). The Balaban J connectivity index is 1.34. The molecular formula is C29H30F2N4O2. The summed E-state index contributed by atoms with van der Waals surface area (Å²) < 4.78 is 28.2. The minimum absolute atomic E-state index is 0.0510. The van der Waals surface area contributed by atoms with Gasteiger partial charge in [0.15, 0.2) is 0 Å². The molecule has 2 heterocycles. The summed E-state index contributed by atoms with van der Waals surface area (Å²) in [6.07, 6.45) is 1.94. The van der Waals surface area contributed by atoms with Crippen molar-refractivity contribution in [3.63, 3.8) is 0 Å². The Labute approximate surface area is 215 Å². The maximum Gasteiger partial charge on any atom is 0.258 e. The van der Waals surface area contributed by atoms with Crippen molar-refractivity contribution >= 4 is 23.2 Å². The summed E-state index contributed by atoms with van der Waals surface area (Å²) in [6, 6.07) is 17.9. The van der Waals surface area contributed by atoms with Crippen molar-refractivity contribution in [3.8, 4) is 0 Å². The smallest absolute Gasteiger partial charge is 0.258 e. The third-order valence-corrected chi connectivity index (χ3v) is 7.06. The average Bonchev–Trinajstić information content (AvgIpc) is 3.45. The SMILES string of the molecule is O=C(Nc1ccc(N2CCN(Cc3ccccc3F)CC2)c(C(=O)N2CCCC2)c1)c1ccccc1F. The van der Waals surface area contributed by atoms with Gasteiger partial charge in [0.2, 0.25) is 0 Å². The van der Waals surface area contributed by atoms with Crippen LogP contribution >= 0.6 is 0 Å². The van der Waals surface area contributed by atoms with E-state index in [-0.39, 0.29) is 17.3 Å². The molecule has 0 aliphatic carbocycles. The Hall–Kier alpha value is -3.78. The Morgan fingerprint density at radius 3 is 2.14 bits per heavy atom. The quantitative estimate of drug-likeness (QED) is 0.525. The molecule has 6 nitrogen and oxygen atoms in total. The summed E-state index contributed by atoms with van der Waals surface area (Å²) in [4.78, 5) is 32.4. The molecule has 2 amide bonds. The van der Waals surface area contributed by atoms with Crippen LogP contribution in [0, 0.1) is 11.6 Å². The number of likely N-dealkylation sites (tertiary alicyclic amines) is 1. The van der Waals surface area contributed by atoms with E-state index in [1.807, 2.05) is 23.1 Å². The highest BCUT2D eigenvalue weighted by molar-refractivity contribution is 6.06. The number of nitrogens with zero attached hydrogens (tertiary/aromatic N) is 3. The van der Waals surface area contributed by atoms with E-state index in [0.717, 1.165) is 31.6 Å². The molecular weight excluding hydrogens is 474 g/mol. The van der Waals surface area contributed by atoms with Crippen LogP contribution < -0.4 is 10.2 Å². The van der Waals surface area contributed by atoms with Crippen LogP contribution in [-0.4, -0.2) is 60.9 Å². The van der Waals surface area contributed by atoms with E-state index in [4.69, 9.17) is 0 Å². The first-order valence-corrected chi connectivity index (χ1v) is 12.7. The van der Waals surface area contributed by atoms with E-state index >= 15 is 0 Å². The third-order valence-electron chi connectivity index (χ3n) is 7.06. The van der Waals surface area contributed by atoms with Gasteiger partial charge in [-0.15, -0.1) is 0 Å². The maximum absolute atomic E-state index is 14.1. The Bertz CT molecular complexity index is 1280. The lowest BCUT2D eigenvalue weighted by molar-refractivity contribution is 0.0792. The summed E-state index contributed by atoms with van der Waals surface area (Å²) in [5, 5.41) is 2.74. The summed E-state index contributed by atoms with van der Waals surface area (Å²) in [5.41, 5.74) is 2.40. The molecule has 2 aliphatic heterocycles. The molecule has 0 saturated carbocycles. The first-order valence-electron chi connectivity index (χ1n) is 12.7. The van der Waals surface area contributed by atoms with Gasteiger partial charge in [0.1, 0.15) is 11.6 Å². The third kappa shape index (κ3) is 5.64. The number of hydrogen-bond donors (Lipinski definition) is 1. The van der Waals surface area contributed by atoms with Gasteiger partial charge in [0.25, 0.3) is 11.8 Å². The molecule has 0 atom stereocenters. The molecule has 0 bridgehead atoms. The monoisotopic (exact) mass is 504 g/mol. The molecule has 0 unspecified atom stereocenters. The number of piperazine rings is 1. The maximum atomic E-state index is 14.1. The van der Waals surface area contributed by atoms with Crippen molar-refractivity contribution in [2.24, 2.45) is 0 Å². The summed E-state index contributed by atoms with van der Waals surface area (Å²) in [5.74, 6) is -1.43. The lowest BCUT2D eigenvalue weighted by atomic mass is 10.1. The van der Waals surface area contributed by atoms with E-state index in [0.29, 0.717) is 49.5 Å². The van der Waals surface area contributed by atoms with Gasteiger partial charge in [0.05, 0.1) is 11.1 Å². The zero-order valence-electron chi connectivity index (χ0n) is 20.6. The van der Waals surface area contributed by atoms with Crippen molar-refractivity contribution in [2.45, 2.75) is 19.4 Å². The van der Waals surface area contributed by atoms with Gasteiger partial charge in [-0.05, 0) is 49.2 Å². The van der Waals surface area contributed by atoms with Crippen molar-refractivity contribution in [2.75, 3.05) is 49.5 Å². The molecule has 8 heteroatoms. The fraction of sp³-hybridized carbons (Fsp3) is 0.310. The molecule has 3 aromatic carbocycles. The van der Waals surface area contributed by atoms with Crippen LogP contribution in [0.25, 0.3) is 0 Å². The zero-order valence-corrected chi connectivity index (χ0v) is 20.6. The van der Waals surface area contributed by atoms with E-state index in [1.54, 1.807) is 24.3 Å². The summed E-state index contributed by atoms with van der Waals surface area (Å²) >= 11 is 0. The number of benzene rings is 3. The second-order valence-corrected chi connectivity index (χ2v) is 9.52. The number of hydrogen-bond acceptors (Lipinski definition) is 4. The Morgan fingerprint density at radius 1 is 0.757 bits per heavy atom. The predicted octanol–water partition coefficient (Wildman–Crippen LogP) is 4.78. The molecule has 2 saturated heterocycles. The van der Waals surface area contributed by atoms with Crippen LogP contribution in [0.15, 0.2) is 66.7 Å². The van der Waals surface area contributed by atoms with Crippen LogP contribution in [0.2, 0.25) is 0 Å². The fourth-order valence-electron chi connectivity index (χ4n) is 5.01. The van der Waals surface area contributed by atoms with Crippen molar-refractivity contribution < 1.29 is 18.4 Å². The molecule has 5 rings (SSSR count). The molecule has 2 fully saturated rings. The zero-order chi connectivity index (χ0) is 25.8. The molecule has 1 N–H and O–H groups in total. The van der Waals surface area contributed by atoms with Gasteiger partial charge in [-0.3, -0.25) is 14.5 Å². The fourth-order valence-corrected chi connectivity index (χ4v) is 5.01. The molecule has 0 radical (unpaired) electrons. The van der Waals surface area contributed by atoms with E-state index in [2.05, 4.69) is 15.1 Å². The first-order chi connectivity index (χ1) is 18.0. The number of carbonyl (C=O) groups is 2. The number of rotatable bonds is 6. The Kier molecular flexibility index (Phi) is 7.46. The second kappa shape index (κ2) is 11.1. The van der Waals surface area contributed by atoms with Gasteiger partial charge in [-0.25, -0.2) is 8.78 Å². The van der Waals surface area contributed by atoms with E-state index in [9.17, 15) is 18.4 Å². The summed E-state index contributed by atoms with van der Waals surface area (Å²) in [7, 11) is 0. The lowest BCUT2D eigenvalue weighted by Gasteiger charge is -2.37. The number of amides is 2. The van der Waals surface area contributed by atoms with Crippen molar-refractivity contribution in [3.05, 3.63) is 95.1 Å². The van der Waals surface area contributed by atoms with E-state index < -0.39 is 11.7 Å². The normalized spacial score (nSPS) is 16.2. The number of nitrogens with one attached hydrogen (secondary N) is 1. The highest BCUT2D eigenvalue weighted by Gasteiger charge is 2.27. The molecule has 0 aromatic heterocycles. The van der Waals surface area contributed by atoms with Crippen LogP contribution in [-0.2, 0) is 6.54 Å². The molecule has 2 aliphatic rings. The van der Waals surface area contributed by atoms with Gasteiger partial charge >= 0.3 is 0 Å². The second-order valence-electron chi connectivity index (χ2n) is 9.52.